The fourth-order valence-corrected chi connectivity index (χ4v) is 0. The molecule has 0 fully saturated rings. The smallest absolute Gasteiger partial charge is 0.262 e. The highest BCUT2D eigenvalue weighted by Crippen LogP contribution is 1.88. The van der Waals surface area contributed by atoms with Crippen LogP contribution in [0, 0.1) is 0 Å². The third kappa shape index (κ3) is 26.3. The van der Waals surface area contributed by atoms with Crippen molar-refractivity contribution >= 4 is 10.4 Å². The van der Waals surface area contributed by atoms with Gasteiger partial charge in [0.15, 0.2) is 0 Å². The molecule has 0 unspecified atom stereocenters. The van der Waals surface area contributed by atoms with Gasteiger partial charge in [0, 0.05) is 0 Å². The third-order valence-corrected chi connectivity index (χ3v) is 0.886. The summed E-state index contributed by atoms with van der Waals surface area (Å²) in [4.78, 5) is 0. The van der Waals surface area contributed by atoms with Crippen LogP contribution in [0.5, 0.6) is 0 Å². The maximum Gasteiger partial charge on any atom is 0.423 e. The van der Waals surface area contributed by atoms with Crippen LogP contribution in [-0.4, -0.2) is 18.2 Å². The molecule has 0 aromatic rings. The van der Waals surface area contributed by atoms with E-state index in [4.69, 9.17) is 18.2 Å². The topological polar surface area (TPSA) is 83.8 Å². The molecule has 0 saturated heterocycles. The molecule has 2 N–H and O–H groups in total. The molecule has 0 aliphatic heterocycles. The molecule has 0 spiro atoms. The summed E-state index contributed by atoms with van der Waals surface area (Å²) >= 11 is 0. The van der Waals surface area contributed by atoms with Crippen molar-refractivity contribution in [3.8, 4) is 0 Å². The molecule has 11 heavy (non-hydrogen) atoms. The summed E-state index contributed by atoms with van der Waals surface area (Å²) in [6.07, 6.45) is 1.11. The van der Waals surface area contributed by atoms with E-state index < -0.39 is 10.4 Å². The first kappa shape index (κ1) is 13.2. The lowest BCUT2D eigenvalue weighted by molar-refractivity contribution is -0.139. The first-order valence-corrected chi connectivity index (χ1v) is 4.14. The van der Waals surface area contributed by atoms with Gasteiger partial charge in [0.1, 0.15) is 0 Å². The molecule has 0 aliphatic carbocycles. The van der Waals surface area contributed by atoms with Crippen molar-refractivity contribution in [2.45, 2.75) is 20.3 Å². The van der Waals surface area contributed by atoms with Crippen LogP contribution in [0.25, 0.3) is 0 Å². The Kier molecular flexibility index (Phi) is 7.54. The van der Waals surface area contributed by atoms with E-state index in [-0.39, 0.29) is 0 Å². The van der Waals surface area contributed by atoms with E-state index in [0.717, 1.165) is 6.42 Å². The van der Waals surface area contributed by atoms with Gasteiger partial charge in [-0.15, -0.1) is 6.58 Å². The highest BCUT2D eigenvalue weighted by molar-refractivity contribution is 7.80. The lowest BCUT2D eigenvalue weighted by Gasteiger charge is -1.79. The van der Waals surface area contributed by atoms with E-state index in [1.807, 2.05) is 6.92 Å². The highest BCUT2D eigenvalue weighted by Gasteiger charge is 1.97. The number of rotatable bonds is 2. The molecule has 0 bridgehead atoms. The van der Waals surface area contributed by atoms with Gasteiger partial charge >= 0.3 is 10.4 Å². The minimum absolute atomic E-state index is 1.11. The average Bonchev–Trinajstić information content (AvgIpc) is 1.88. The van der Waals surface area contributed by atoms with Gasteiger partial charge in [0.05, 0.1) is 0 Å². The zero-order valence-corrected chi connectivity index (χ0v) is 7.26. The monoisotopic (exact) mass is 184 g/mol. The molecule has 5 nitrogen and oxygen atoms in total. The molecular formula is C5H12O5S. The van der Waals surface area contributed by atoms with Crippen molar-refractivity contribution in [1.82, 2.24) is 0 Å². The van der Waals surface area contributed by atoms with Crippen LogP contribution in [0.4, 0.5) is 0 Å². The Bertz CT molecular complexity index is 193. The second-order valence-electron chi connectivity index (χ2n) is 1.81. The number of hydrogen-bond acceptors (Lipinski definition) is 4. The van der Waals surface area contributed by atoms with Crippen LogP contribution in [0.1, 0.15) is 20.3 Å². The number of allylic oxidation sites excluding steroid dienone is 1. The van der Waals surface area contributed by atoms with Crippen LogP contribution in [0.15, 0.2) is 12.2 Å². The molecule has 0 heterocycles. The van der Waals surface area contributed by atoms with Gasteiger partial charge in [-0.05, 0) is 13.3 Å². The van der Waals surface area contributed by atoms with Crippen molar-refractivity contribution < 1.29 is 22.6 Å². The Labute approximate surface area is 66.2 Å². The quantitative estimate of drug-likeness (QED) is 0.292. The molecule has 68 valence electrons. The third-order valence-electron chi connectivity index (χ3n) is 0.698. The Hall–Kier alpha value is -0.430. The van der Waals surface area contributed by atoms with Gasteiger partial charge < -0.3 is 0 Å². The van der Waals surface area contributed by atoms with E-state index in [1.54, 1.807) is 0 Å². The average molecular weight is 184 g/mol. The molecule has 0 saturated carbocycles. The minimum atomic E-state index is -4.61. The summed E-state index contributed by atoms with van der Waals surface area (Å²) in [7, 11) is -4.61. The fourth-order valence-electron chi connectivity index (χ4n) is 0. The largest absolute Gasteiger partial charge is 0.423 e. The van der Waals surface area contributed by atoms with E-state index in [9.17, 15) is 0 Å². The number of hydrogen-bond donors (Lipinski definition) is 2. The predicted molar refractivity (Wildman–Crippen MR) is 40.4 cm³/mol. The lowest BCUT2D eigenvalue weighted by atomic mass is 10.3. The Balaban J connectivity index is 0. The second kappa shape index (κ2) is 6.29. The summed E-state index contributed by atoms with van der Waals surface area (Å²) < 4.78 is 28.0. The predicted octanol–water partition coefficient (Wildman–Crippen LogP) is 1.25. The van der Waals surface area contributed by atoms with Crippen molar-refractivity contribution in [2.75, 3.05) is 0 Å². The van der Waals surface area contributed by atoms with E-state index in [2.05, 4.69) is 17.8 Å². The Morgan fingerprint density at radius 3 is 1.82 bits per heavy atom. The zero-order chi connectivity index (χ0) is 9.49. The van der Waals surface area contributed by atoms with E-state index >= 15 is 0 Å². The van der Waals surface area contributed by atoms with Crippen molar-refractivity contribution in [3.63, 3.8) is 0 Å². The van der Waals surface area contributed by atoms with Crippen molar-refractivity contribution in [1.29, 1.82) is 0 Å². The fraction of sp³-hybridized carbons (Fsp3) is 0.600. The van der Waals surface area contributed by atoms with Crippen molar-refractivity contribution in [3.05, 3.63) is 12.2 Å². The van der Waals surface area contributed by atoms with Gasteiger partial charge in [-0.3, -0.25) is 4.55 Å². The molecule has 0 aromatic carbocycles. The molecule has 0 amide bonds. The first-order valence-electron chi connectivity index (χ1n) is 2.78. The molecule has 0 atom stereocenters. The van der Waals surface area contributed by atoms with Crippen molar-refractivity contribution in [2.24, 2.45) is 0 Å². The molecular weight excluding hydrogens is 172 g/mol. The normalized spacial score (nSPS) is 9.82. The highest BCUT2D eigenvalue weighted by atomic mass is 32.3. The van der Waals surface area contributed by atoms with Crippen LogP contribution in [0.2, 0.25) is 0 Å². The van der Waals surface area contributed by atoms with Gasteiger partial charge in [-0.1, -0.05) is 16.8 Å². The SMILES string of the molecule is C=C(C)CC.O=S(=O)(O)OO. The summed E-state index contributed by atoms with van der Waals surface area (Å²) in [5.41, 5.74) is 1.25. The van der Waals surface area contributed by atoms with Crippen LogP contribution in [-0.2, 0) is 14.7 Å². The minimum Gasteiger partial charge on any atom is -0.262 e. The van der Waals surface area contributed by atoms with E-state index in [1.165, 1.54) is 5.57 Å². The molecule has 0 aromatic heterocycles. The van der Waals surface area contributed by atoms with Gasteiger partial charge in [-0.25, -0.2) is 5.26 Å². The van der Waals surface area contributed by atoms with Crippen LogP contribution in [0.3, 0.4) is 0 Å². The summed E-state index contributed by atoms with van der Waals surface area (Å²) in [6.45, 7) is 7.80. The van der Waals surface area contributed by atoms with Crippen LogP contribution >= 0.6 is 0 Å². The maximum atomic E-state index is 9.08. The zero-order valence-electron chi connectivity index (χ0n) is 6.44. The summed E-state index contributed by atoms with van der Waals surface area (Å²) in [5, 5.41) is 7.06. The molecule has 0 radical (unpaired) electrons. The Morgan fingerprint density at radius 2 is 1.82 bits per heavy atom. The van der Waals surface area contributed by atoms with Gasteiger partial charge in [0.25, 0.3) is 0 Å². The lowest BCUT2D eigenvalue weighted by Crippen LogP contribution is -1.97. The van der Waals surface area contributed by atoms with Gasteiger partial charge in [0.2, 0.25) is 0 Å². The van der Waals surface area contributed by atoms with E-state index in [0.29, 0.717) is 0 Å². The first-order chi connectivity index (χ1) is 4.83. The molecule has 6 heteroatoms. The second-order valence-corrected chi connectivity index (χ2v) is 2.82. The maximum absolute atomic E-state index is 9.08. The summed E-state index contributed by atoms with van der Waals surface area (Å²) in [6, 6.07) is 0. The molecule has 0 aliphatic rings. The van der Waals surface area contributed by atoms with Crippen LogP contribution < -0.4 is 0 Å². The van der Waals surface area contributed by atoms with Gasteiger partial charge in [-0.2, -0.15) is 8.42 Å². The summed E-state index contributed by atoms with van der Waals surface area (Å²) in [5.74, 6) is 0. The molecule has 0 rings (SSSR count). The standard InChI is InChI=1S/C5H10.H2O5S/c1-4-5(2)3;1-5-6(2,3)4/h2,4H2,1,3H3;1H,(H,2,3,4). The Morgan fingerprint density at radius 1 is 1.64 bits per heavy atom.